The molecule has 4 heteroatoms. The monoisotopic (exact) mass is 458 g/mol. The van der Waals surface area contributed by atoms with Crippen LogP contribution < -0.4 is 5.32 Å². The van der Waals surface area contributed by atoms with Gasteiger partial charge in [-0.2, -0.15) is 0 Å². The molecule has 1 N–H and O–H groups in total. The summed E-state index contributed by atoms with van der Waals surface area (Å²) in [5.74, 6) is -0.109. The molecule has 0 saturated carbocycles. The predicted octanol–water partition coefficient (Wildman–Crippen LogP) is 7.04. The van der Waals surface area contributed by atoms with Crippen LogP contribution in [0.5, 0.6) is 0 Å². The van der Waals surface area contributed by atoms with E-state index in [2.05, 4.69) is 53.3 Å². The summed E-state index contributed by atoms with van der Waals surface area (Å²) in [6.45, 7) is 4.22. The zero-order valence-corrected chi connectivity index (χ0v) is 18.7. The molecule has 1 heterocycles. The van der Waals surface area contributed by atoms with Crippen molar-refractivity contribution in [3.05, 3.63) is 94.0 Å². The Kier molecular flexibility index (Phi) is 5.96. The first-order chi connectivity index (χ1) is 14.6. The number of hydrogen-bond donors (Lipinski definition) is 1. The molecule has 0 aliphatic carbocycles. The fourth-order valence-corrected chi connectivity index (χ4v) is 3.98. The van der Waals surface area contributed by atoms with Crippen molar-refractivity contribution >= 4 is 38.4 Å². The third kappa shape index (κ3) is 4.01. The van der Waals surface area contributed by atoms with Crippen LogP contribution >= 0.6 is 15.9 Å². The zero-order chi connectivity index (χ0) is 21.1. The molecular formula is C26H23BrN2O. The van der Waals surface area contributed by atoms with Crippen LogP contribution in [0.25, 0.3) is 22.2 Å². The molecule has 1 aromatic heterocycles. The van der Waals surface area contributed by atoms with Crippen molar-refractivity contribution in [3.63, 3.8) is 0 Å². The first-order valence-electron chi connectivity index (χ1n) is 10.2. The molecule has 1 amide bonds. The zero-order valence-electron chi connectivity index (χ0n) is 17.1. The van der Waals surface area contributed by atoms with E-state index in [9.17, 15) is 4.79 Å². The summed E-state index contributed by atoms with van der Waals surface area (Å²) in [6.07, 6.45) is 1.73. The summed E-state index contributed by atoms with van der Waals surface area (Å²) in [6, 6.07) is 23.9. The summed E-state index contributed by atoms with van der Waals surface area (Å²) in [5, 5.41) is 4.05. The van der Waals surface area contributed by atoms with Crippen molar-refractivity contribution in [1.29, 1.82) is 0 Å². The minimum absolute atomic E-state index is 0.109. The molecular weight excluding hydrogens is 436 g/mol. The summed E-state index contributed by atoms with van der Waals surface area (Å²) in [7, 11) is 0. The van der Waals surface area contributed by atoms with Crippen LogP contribution in [0.15, 0.2) is 77.3 Å². The third-order valence-corrected chi connectivity index (χ3v) is 5.87. The Morgan fingerprint density at radius 1 is 0.900 bits per heavy atom. The first-order valence-corrected chi connectivity index (χ1v) is 11.0. The number of aryl methyl sites for hydroxylation is 2. The highest BCUT2D eigenvalue weighted by molar-refractivity contribution is 9.10. The van der Waals surface area contributed by atoms with Crippen LogP contribution in [0, 0.1) is 0 Å². The Hall–Kier alpha value is -2.98. The Morgan fingerprint density at radius 3 is 2.23 bits per heavy atom. The van der Waals surface area contributed by atoms with Crippen LogP contribution in [-0.2, 0) is 12.8 Å². The minimum atomic E-state index is -0.109. The summed E-state index contributed by atoms with van der Waals surface area (Å²) in [5.41, 5.74) is 6.42. The number of carbonyl (C=O) groups is 1. The lowest BCUT2D eigenvalue weighted by Crippen LogP contribution is -2.16. The molecule has 3 nitrogen and oxygen atoms in total. The Morgan fingerprint density at radius 2 is 1.57 bits per heavy atom. The summed E-state index contributed by atoms with van der Waals surface area (Å²) >= 11 is 3.48. The van der Waals surface area contributed by atoms with Gasteiger partial charge in [-0.25, -0.2) is 4.98 Å². The van der Waals surface area contributed by atoms with Crippen molar-refractivity contribution in [1.82, 2.24) is 4.98 Å². The molecule has 0 fully saturated rings. The lowest BCUT2D eigenvalue weighted by Gasteiger charge is -2.16. The van der Waals surface area contributed by atoms with E-state index in [-0.39, 0.29) is 5.91 Å². The fraction of sp³-hybridized carbons (Fsp3) is 0.154. The van der Waals surface area contributed by atoms with Crippen LogP contribution in [0.1, 0.15) is 35.3 Å². The number of nitrogens with one attached hydrogen (secondary N) is 1. The van der Waals surface area contributed by atoms with Gasteiger partial charge in [0.25, 0.3) is 5.91 Å². The molecule has 4 rings (SSSR count). The van der Waals surface area contributed by atoms with Gasteiger partial charge in [-0.3, -0.25) is 4.79 Å². The molecule has 0 atom stereocenters. The lowest BCUT2D eigenvalue weighted by atomic mass is 10.0. The number of pyridine rings is 1. The molecule has 4 aromatic rings. The van der Waals surface area contributed by atoms with E-state index in [0.29, 0.717) is 5.56 Å². The van der Waals surface area contributed by atoms with Crippen molar-refractivity contribution < 1.29 is 4.79 Å². The molecule has 0 bridgehead atoms. The molecule has 0 aliphatic rings. The topological polar surface area (TPSA) is 42.0 Å². The van der Waals surface area contributed by atoms with Gasteiger partial charge in [0.1, 0.15) is 0 Å². The van der Waals surface area contributed by atoms with Crippen LogP contribution in [0.4, 0.5) is 5.69 Å². The maximum atomic E-state index is 13.5. The van der Waals surface area contributed by atoms with Crippen molar-refractivity contribution in [2.75, 3.05) is 5.32 Å². The first kappa shape index (κ1) is 20.3. The van der Waals surface area contributed by atoms with Gasteiger partial charge in [0, 0.05) is 21.1 Å². The van der Waals surface area contributed by atoms with E-state index < -0.39 is 0 Å². The predicted molar refractivity (Wildman–Crippen MR) is 128 cm³/mol. The number of hydrogen-bond acceptors (Lipinski definition) is 2. The lowest BCUT2D eigenvalue weighted by molar-refractivity contribution is 0.102. The maximum absolute atomic E-state index is 13.5. The number of nitrogens with zero attached hydrogens (tertiary/aromatic N) is 1. The number of carbonyl (C=O) groups excluding carboxylic acids is 1. The van der Waals surface area contributed by atoms with Crippen molar-refractivity contribution in [3.8, 4) is 11.3 Å². The van der Waals surface area contributed by atoms with Crippen molar-refractivity contribution in [2.24, 2.45) is 0 Å². The number of benzene rings is 3. The van der Waals surface area contributed by atoms with Gasteiger partial charge in [-0.15, -0.1) is 0 Å². The van der Waals surface area contributed by atoms with Crippen LogP contribution in [0.3, 0.4) is 0 Å². The number of fused-ring (bicyclic) bond motifs is 1. The Labute approximate surface area is 185 Å². The van der Waals surface area contributed by atoms with E-state index >= 15 is 0 Å². The van der Waals surface area contributed by atoms with Gasteiger partial charge in [-0.05, 0) is 48.2 Å². The number of halogens is 1. The van der Waals surface area contributed by atoms with E-state index in [4.69, 9.17) is 4.98 Å². The molecule has 30 heavy (non-hydrogen) atoms. The van der Waals surface area contributed by atoms with Gasteiger partial charge < -0.3 is 5.32 Å². The van der Waals surface area contributed by atoms with Crippen LogP contribution in [0.2, 0.25) is 0 Å². The molecule has 0 aliphatic heterocycles. The Balaban J connectivity index is 1.82. The third-order valence-electron chi connectivity index (χ3n) is 5.34. The van der Waals surface area contributed by atoms with Crippen LogP contribution in [-0.4, -0.2) is 10.9 Å². The van der Waals surface area contributed by atoms with Gasteiger partial charge in [0.2, 0.25) is 0 Å². The van der Waals surface area contributed by atoms with Gasteiger partial charge in [0.05, 0.1) is 16.8 Å². The highest BCUT2D eigenvalue weighted by atomic mass is 79.9. The number of para-hydroxylation sites is 2. The normalized spacial score (nSPS) is 10.9. The van der Waals surface area contributed by atoms with E-state index in [1.54, 1.807) is 0 Å². The number of rotatable bonds is 5. The largest absolute Gasteiger partial charge is 0.321 e. The fourth-order valence-electron chi connectivity index (χ4n) is 3.72. The van der Waals surface area contributed by atoms with Gasteiger partial charge in [0.15, 0.2) is 0 Å². The van der Waals surface area contributed by atoms with Gasteiger partial charge in [-0.1, -0.05) is 78.3 Å². The number of aromatic nitrogens is 1. The molecule has 0 radical (unpaired) electrons. The molecule has 150 valence electrons. The molecule has 0 spiro atoms. The van der Waals surface area contributed by atoms with E-state index in [1.807, 2.05) is 54.6 Å². The smallest absolute Gasteiger partial charge is 0.256 e. The minimum Gasteiger partial charge on any atom is -0.321 e. The summed E-state index contributed by atoms with van der Waals surface area (Å²) < 4.78 is 1.01. The molecule has 3 aromatic carbocycles. The quantitative estimate of drug-likeness (QED) is 0.348. The number of amides is 1. The highest BCUT2D eigenvalue weighted by Gasteiger charge is 2.16. The molecule has 0 unspecified atom stereocenters. The average molecular weight is 459 g/mol. The second kappa shape index (κ2) is 8.80. The Bertz CT molecular complexity index is 1190. The van der Waals surface area contributed by atoms with Gasteiger partial charge >= 0.3 is 0 Å². The second-order valence-corrected chi connectivity index (χ2v) is 8.11. The SMILES string of the molecule is CCc1cccc(CC)c1NC(=O)c1cc(-c2ccc(Br)cc2)nc2ccccc12. The highest BCUT2D eigenvalue weighted by Crippen LogP contribution is 2.28. The van der Waals surface area contributed by atoms with Crippen molar-refractivity contribution in [2.45, 2.75) is 26.7 Å². The summed E-state index contributed by atoms with van der Waals surface area (Å²) in [4.78, 5) is 18.3. The maximum Gasteiger partial charge on any atom is 0.256 e. The number of anilines is 1. The van der Waals surface area contributed by atoms with E-state index in [0.717, 1.165) is 56.3 Å². The average Bonchev–Trinajstić information content (AvgIpc) is 2.78. The van der Waals surface area contributed by atoms with E-state index in [1.165, 1.54) is 0 Å². The standard InChI is InChI=1S/C26H23BrN2O/c1-3-17-8-7-9-18(4-2)25(17)29-26(30)22-16-24(19-12-14-20(27)15-13-19)28-23-11-6-5-10-21(22)23/h5-16H,3-4H2,1-2H3,(H,29,30). The molecule has 0 saturated heterocycles. The second-order valence-electron chi connectivity index (χ2n) is 7.19.